The van der Waals surface area contributed by atoms with E-state index < -0.39 is 0 Å². The zero-order chi connectivity index (χ0) is 8.60. The maximum Gasteiger partial charge on any atom is 0.0693 e. The normalized spacial score (nSPS) is 18.7. The molecule has 0 unspecified atom stereocenters. The Hall–Kier alpha value is -0.810. The standard InChI is InChI=1S/C10H11NS/c1-8-4-9(6-12-8)5-10(7-11)2-3-10/h4,6H,2-3,5H2,1H3. The number of rotatable bonds is 2. The Balaban J connectivity index is 2.10. The van der Waals surface area contributed by atoms with Crippen LogP contribution in [-0.2, 0) is 6.42 Å². The molecule has 2 rings (SSSR count). The second-order valence-corrected chi connectivity index (χ2v) is 4.75. The summed E-state index contributed by atoms with van der Waals surface area (Å²) in [5.41, 5.74) is 1.37. The summed E-state index contributed by atoms with van der Waals surface area (Å²) in [5, 5.41) is 11.1. The van der Waals surface area contributed by atoms with E-state index in [0.717, 1.165) is 19.3 Å². The predicted octanol–water partition coefficient (Wildman–Crippen LogP) is 2.90. The number of hydrogen-bond acceptors (Lipinski definition) is 2. The van der Waals surface area contributed by atoms with Crippen LogP contribution >= 0.6 is 11.3 Å². The van der Waals surface area contributed by atoms with Crippen LogP contribution in [0.1, 0.15) is 23.3 Å². The Kier molecular flexibility index (Phi) is 1.69. The maximum absolute atomic E-state index is 8.88. The van der Waals surface area contributed by atoms with Crippen molar-refractivity contribution in [2.45, 2.75) is 26.2 Å². The average molecular weight is 177 g/mol. The van der Waals surface area contributed by atoms with Crippen LogP contribution in [0, 0.1) is 23.7 Å². The van der Waals surface area contributed by atoms with Crippen LogP contribution < -0.4 is 0 Å². The third-order valence-electron chi connectivity index (χ3n) is 2.42. The third kappa shape index (κ3) is 1.37. The molecule has 12 heavy (non-hydrogen) atoms. The number of hydrogen-bond donors (Lipinski definition) is 0. The van der Waals surface area contributed by atoms with Gasteiger partial charge in [-0.25, -0.2) is 0 Å². The van der Waals surface area contributed by atoms with Gasteiger partial charge in [0.2, 0.25) is 0 Å². The molecule has 2 heteroatoms. The molecule has 0 atom stereocenters. The summed E-state index contributed by atoms with van der Waals surface area (Å²) in [6.07, 6.45) is 3.16. The average Bonchev–Trinajstić information content (AvgIpc) is 2.71. The van der Waals surface area contributed by atoms with Gasteiger partial charge in [0, 0.05) is 4.88 Å². The summed E-state index contributed by atoms with van der Waals surface area (Å²) in [7, 11) is 0. The molecule has 0 radical (unpaired) electrons. The molecule has 0 aromatic carbocycles. The van der Waals surface area contributed by atoms with Gasteiger partial charge >= 0.3 is 0 Å². The van der Waals surface area contributed by atoms with E-state index in [9.17, 15) is 0 Å². The lowest BCUT2D eigenvalue weighted by atomic mass is 10.0. The van der Waals surface area contributed by atoms with Gasteiger partial charge in [-0.2, -0.15) is 5.26 Å². The zero-order valence-corrected chi connectivity index (χ0v) is 7.95. The molecule has 1 aliphatic rings. The van der Waals surface area contributed by atoms with Crippen molar-refractivity contribution in [3.63, 3.8) is 0 Å². The summed E-state index contributed by atoms with van der Waals surface area (Å²) >= 11 is 1.77. The highest BCUT2D eigenvalue weighted by Crippen LogP contribution is 2.47. The Morgan fingerprint density at radius 1 is 1.67 bits per heavy atom. The van der Waals surface area contributed by atoms with Crippen molar-refractivity contribution in [2.24, 2.45) is 5.41 Å². The van der Waals surface area contributed by atoms with Gasteiger partial charge in [-0.1, -0.05) is 0 Å². The second-order valence-electron chi connectivity index (χ2n) is 3.63. The fraction of sp³-hybridized carbons (Fsp3) is 0.500. The van der Waals surface area contributed by atoms with Crippen molar-refractivity contribution in [1.29, 1.82) is 5.26 Å². The van der Waals surface area contributed by atoms with E-state index in [1.807, 2.05) is 0 Å². The van der Waals surface area contributed by atoms with Crippen LogP contribution in [0.5, 0.6) is 0 Å². The molecule has 62 valence electrons. The molecule has 0 bridgehead atoms. The molecule has 1 saturated carbocycles. The molecule has 1 fully saturated rings. The van der Waals surface area contributed by atoms with Crippen LogP contribution in [0.25, 0.3) is 0 Å². The van der Waals surface area contributed by atoms with E-state index in [4.69, 9.17) is 5.26 Å². The van der Waals surface area contributed by atoms with Crippen molar-refractivity contribution < 1.29 is 0 Å². The smallest absolute Gasteiger partial charge is 0.0693 e. The van der Waals surface area contributed by atoms with Crippen molar-refractivity contribution in [3.05, 3.63) is 21.9 Å². The number of nitrogens with zero attached hydrogens (tertiary/aromatic N) is 1. The van der Waals surface area contributed by atoms with E-state index in [0.29, 0.717) is 0 Å². The molecule has 1 aromatic rings. The first-order valence-electron chi connectivity index (χ1n) is 4.19. The highest BCUT2D eigenvalue weighted by Gasteiger charge is 2.42. The van der Waals surface area contributed by atoms with E-state index in [2.05, 4.69) is 24.4 Å². The lowest BCUT2D eigenvalue weighted by molar-refractivity contribution is 0.666. The second kappa shape index (κ2) is 2.60. The summed E-state index contributed by atoms with van der Waals surface area (Å²) in [5.74, 6) is 0. The fourth-order valence-electron chi connectivity index (χ4n) is 1.46. The molecule has 0 amide bonds. The lowest BCUT2D eigenvalue weighted by Gasteiger charge is -2.00. The Bertz CT molecular complexity index is 328. The summed E-state index contributed by atoms with van der Waals surface area (Å²) < 4.78 is 0. The van der Waals surface area contributed by atoms with Crippen molar-refractivity contribution in [2.75, 3.05) is 0 Å². The van der Waals surface area contributed by atoms with Gasteiger partial charge in [0.05, 0.1) is 11.5 Å². The number of thiophene rings is 1. The Morgan fingerprint density at radius 2 is 2.42 bits per heavy atom. The van der Waals surface area contributed by atoms with Crippen molar-refractivity contribution >= 4 is 11.3 Å². The van der Waals surface area contributed by atoms with E-state index in [-0.39, 0.29) is 5.41 Å². The quantitative estimate of drug-likeness (QED) is 0.681. The van der Waals surface area contributed by atoms with Gasteiger partial charge < -0.3 is 0 Å². The van der Waals surface area contributed by atoms with Gasteiger partial charge in [-0.05, 0) is 43.2 Å². The third-order valence-corrected chi connectivity index (χ3v) is 3.33. The zero-order valence-electron chi connectivity index (χ0n) is 7.13. The van der Waals surface area contributed by atoms with Gasteiger partial charge in [-0.3, -0.25) is 0 Å². The van der Waals surface area contributed by atoms with Gasteiger partial charge in [0.25, 0.3) is 0 Å². The molecule has 1 aliphatic carbocycles. The molecule has 1 heterocycles. The van der Waals surface area contributed by atoms with Crippen LogP contribution in [-0.4, -0.2) is 0 Å². The van der Waals surface area contributed by atoms with Crippen molar-refractivity contribution in [3.8, 4) is 6.07 Å². The lowest BCUT2D eigenvalue weighted by Crippen LogP contribution is -1.99. The molecule has 0 spiro atoms. The topological polar surface area (TPSA) is 23.8 Å². The Labute approximate surface area is 76.6 Å². The van der Waals surface area contributed by atoms with Crippen LogP contribution in [0.4, 0.5) is 0 Å². The predicted molar refractivity (Wildman–Crippen MR) is 50.0 cm³/mol. The summed E-state index contributed by atoms with van der Waals surface area (Å²) in [6, 6.07) is 4.61. The number of aryl methyl sites for hydroxylation is 1. The van der Waals surface area contributed by atoms with E-state index in [1.54, 1.807) is 11.3 Å². The fourth-order valence-corrected chi connectivity index (χ4v) is 2.17. The van der Waals surface area contributed by atoms with E-state index in [1.165, 1.54) is 10.4 Å². The molecular formula is C10H11NS. The number of nitriles is 1. The molecule has 1 aromatic heterocycles. The molecule has 0 saturated heterocycles. The molecular weight excluding hydrogens is 166 g/mol. The van der Waals surface area contributed by atoms with Gasteiger partial charge in [0.1, 0.15) is 0 Å². The maximum atomic E-state index is 8.88. The highest BCUT2D eigenvalue weighted by molar-refractivity contribution is 7.10. The molecule has 0 N–H and O–H groups in total. The Morgan fingerprint density at radius 3 is 2.83 bits per heavy atom. The van der Waals surface area contributed by atoms with E-state index >= 15 is 0 Å². The monoisotopic (exact) mass is 177 g/mol. The minimum absolute atomic E-state index is 0.0213. The van der Waals surface area contributed by atoms with Crippen LogP contribution in [0.3, 0.4) is 0 Å². The van der Waals surface area contributed by atoms with Gasteiger partial charge in [0.15, 0.2) is 0 Å². The van der Waals surface area contributed by atoms with Gasteiger partial charge in [-0.15, -0.1) is 11.3 Å². The first-order chi connectivity index (χ1) is 5.74. The SMILES string of the molecule is Cc1cc(CC2(C#N)CC2)cs1. The van der Waals surface area contributed by atoms with Crippen molar-refractivity contribution in [1.82, 2.24) is 0 Å². The molecule has 1 nitrogen and oxygen atoms in total. The largest absolute Gasteiger partial charge is 0.198 e. The first-order valence-corrected chi connectivity index (χ1v) is 5.07. The highest BCUT2D eigenvalue weighted by atomic mass is 32.1. The summed E-state index contributed by atoms with van der Waals surface area (Å²) in [4.78, 5) is 1.35. The van der Waals surface area contributed by atoms with Crippen LogP contribution in [0.2, 0.25) is 0 Å². The minimum Gasteiger partial charge on any atom is -0.198 e. The minimum atomic E-state index is 0.0213. The first kappa shape index (κ1) is 7.82. The summed E-state index contributed by atoms with van der Waals surface area (Å²) in [6.45, 7) is 2.11. The molecule has 0 aliphatic heterocycles. The van der Waals surface area contributed by atoms with Crippen LogP contribution in [0.15, 0.2) is 11.4 Å².